The quantitative estimate of drug-likeness (QED) is 0.845. The van der Waals surface area contributed by atoms with Crippen LogP contribution in [0.15, 0.2) is 30.3 Å². The van der Waals surface area contributed by atoms with E-state index in [4.69, 9.17) is 5.73 Å². The molecule has 1 unspecified atom stereocenters. The zero-order chi connectivity index (χ0) is 12.3. The van der Waals surface area contributed by atoms with Crippen molar-refractivity contribution in [1.82, 2.24) is 0 Å². The lowest BCUT2D eigenvalue weighted by Gasteiger charge is -2.22. The molecule has 0 saturated heterocycles. The van der Waals surface area contributed by atoms with Gasteiger partial charge in [0.25, 0.3) is 0 Å². The first-order valence-corrected chi connectivity index (χ1v) is 6.33. The smallest absolute Gasteiger partial charge is 0.228 e. The van der Waals surface area contributed by atoms with E-state index in [-0.39, 0.29) is 11.9 Å². The normalized spacial score (nSPS) is 16.6. The van der Waals surface area contributed by atoms with E-state index in [1.807, 2.05) is 42.2 Å². The second kappa shape index (κ2) is 5.32. The van der Waals surface area contributed by atoms with Crippen LogP contribution in [0.4, 0.5) is 5.69 Å². The molecule has 0 spiro atoms. The van der Waals surface area contributed by atoms with Crippen molar-refractivity contribution in [3.63, 3.8) is 0 Å². The molecule has 1 saturated carbocycles. The number of hydrogen-bond donors (Lipinski definition) is 1. The van der Waals surface area contributed by atoms with Crippen LogP contribution in [0.1, 0.15) is 26.2 Å². The van der Waals surface area contributed by atoms with E-state index >= 15 is 0 Å². The maximum absolute atomic E-state index is 12.2. The molecule has 1 aliphatic carbocycles. The van der Waals surface area contributed by atoms with Gasteiger partial charge in [0, 0.05) is 24.7 Å². The Morgan fingerprint density at radius 2 is 2.06 bits per heavy atom. The predicted molar refractivity (Wildman–Crippen MR) is 69.8 cm³/mol. The van der Waals surface area contributed by atoms with Gasteiger partial charge in [0.2, 0.25) is 5.91 Å². The van der Waals surface area contributed by atoms with Crippen LogP contribution in [0.5, 0.6) is 0 Å². The first kappa shape index (κ1) is 12.1. The minimum Gasteiger partial charge on any atom is -0.327 e. The largest absolute Gasteiger partial charge is 0.327 e. The van der Waals surface area contributed by atoms with E-state index in [1.54, 1.807) is 0 Å². The van der Waals surface area contributed by atoms with Gasteiger partial charge in [0.05, 0.1) is 0 Å². The van der Waals surface area contributed by atoms with Gasteiger partial charge in [-0.15, -0.1) is 0 Å². The van der Waals surface area contributed by atoms with Crippen molar-refractivity contribution < 1.29 is 4.79 Å². The summed E-state index contributed by atoms with van der Waals surface area (Å²) in [5.74, 6) is 0.714. The molecule has 1 amide bonds. The Kier molecular flexibility index (Phi) is 3.79. The standard InChI is InChI=1S/C14H20N2O/c1-2-16(12-6-4-3-5-7-12)14(17)10-13(15)11-8-9-11/h3-7,11,13H,2,8-10,15H2,1H3. The summed E-state index contributed by atoms with van der Waals surface area (Å²) in [5.41, 5.74) is 6.96. The fraction of sp³-hybridized carbons (Fsp3) is 0.500. The third-order valence-electron chi connectivity index (χ3n) is 3.32. The van der Waals surface area contributed by atoms with Crippen LogP contribution in [0.3, 0.4) is 0 Å². The Balaban J connectivity index is 2.00. The molecule has 0 aromatic heterocycles. The van der Waals surface area contributed by atoms with Crippen LogP contribution in [0, 0.1) is 5.92 Å². The number of hydrogen-bond acceptors (Lipinski definition) is 2. The van der Waals surface area contributed by atoms with Crippen LogP contribution >= 0.6 is 0 Å². The maximum Gasteiger partial charge on any atom is 0.228 e. The first-order chi connectivity index (χ1) is 8.22. The molecule has 0 aliphatic heterocycles. The summed E-state index contributed by atoms with van der Waals surface area (Å²) in [6.45, 7) is 2.69. The lowest BCUT2D eigenvalue weighted by Crippen LogP contribution is -2.36. The van der Waals surface area contributed by atoms with Gasteiger partial charge in [-0.2, -0.15) is 0 Å². The Labute approximate surface area is 103 Å². The Bertz CT molecular complexity index is 373. The molecule has 3 heteroatoms. The van der Waals surface area contributed by atoms with Crippen molar-refractivity contribution in [2.75, 3.05) is 11.4 Å². The molecule has 0 heterocycles. The molecule has 2 N–H and O–H groups in total. The van der Waals surface area contributed by atoms with E-state index in [2.05, 4.69) is 0 Å². The number of rotatable bonds is 5. The minimum absolute atomic E-state index is 0.0419. The monoisotopic (exact) mass is 232 g/mol. The van der Waals surface area contributed by atoms with Crippen molar-refractivity contribution >= 4 is 11.6 Å². The Hall–Kier alpha value is -1.35. The fourth-order valence-electron chi connectivity index (χ4n) is 2.11. The van der Waals surface area contributed by atoms with Gasteiger partial charge in [-0.1, -0.05) is 18.2 Å². The van der Waals surface area contributed by atoms with Gasteiger partial charge in [-0.25, -0.2) is 0 Å². The number of benzene rings is 1. The molecule has 1 aromatic rings. The molecule has 2 rings (SSSR count). The number of anilines is 1. The van der Waals surface area contributed by atoms with Gasteiger partial charge in [-0.3, -0.25) is 4.79 Å². The summed E-state index contributed by atoms with van der Waals surface area (Å²) in [6.07, 6.45) is 2.84. The van der Waals surface area contributed by atoms with Crippen molar-refractivity contribution in [2.45, 2.75) is 32.2 Å². The molecule has 1 aromatic carbocycles. The van der Waals surface area contributed by atoms with E-state index in [0.717, 1.165) is 5.69 Å². The molecule has 92 valence electrons. The highest BCUT2D eigenvalue weighted by Gasteiger charge is 2.30. The van der Waals surface area contributed by atoms with Gasteiger partial charge < -0.3 is 10.6 Å². The average molecular weight is 232 g/mol. The molecular formula is C14H20N2O. The van der Waals surface area contributed by atoms with E-state index in [9.17, 15) is 4.79 Å². The molecule has 0 bridgehead atoms. The summed E-state index contributed by atoms with van der Waals surface area (Å²) in [4.78, 5) is 14.0. The number of carbonyl (C=O) groups is 1. The predicted octanol–water partition coefficient (Wildman–Crippen LogP) is 2.17. The number of amides is 1. The third kappa shape index (κ3) is 3.07. The number of carbonyl (C=O) groups excluding carboxylic acids is 1. The zero-order valence-electron chi connectivity index (χ0n) is 10.3. The van der Waals surface area contributed by atoms with Crippen LogP contribution in [-0.4, -0.2) is 18.5 Å². The lowest BCUT2D eigenvalue weighted by atomic mass is 10.1. The number of para-hydroxylation sites is 1. The second-order valence-corrected chi connectivity index (χ2v) is 4.68. The van der Waals surface area contributed by atoms with Gasteiger partial charge >= 0.3 is 0 Å². The van der Waals surface area contributed by atoms with Gasteiger partial charge in [0.15, 0.2) is 0 Å². The molecule has 1 atom stereocenters. The van der Waals surface area contributed by atoms with E-state index < -0.39 is 0 Å². The maximum atomic E-state index is 12.2. The van der Waals surface area contributed by atoms with Gasteiger partial charge in [-0.05, 0) is 37.8 Å². The van der Waals surface area contributed by atoms with Crippen LogP contribution in [-0.2, 0) is 4.79 Å². The Morgan fingerprint density at radius 3 is 2.59 bits per heavy atom. The second-order valence-electron chi connectivity index (χ2n) is 4.68. The van der Waals surface area contributed by atoms with E-state index in [1.165, 1.54) is 12.8 Å². The van der Waals surface area contributed by atoms with Crippen molar-refractivity contribution in [1.29, 1.82) is 0 Å². The first-order valence-electron chi connectivity index (χ1n) is 6.33. The highest BCUT2D eigenvalue weighted by molar-refractivity contribution is 5.93. The summed E-state index contributed by atoms with van der Waals surface area (Å²) in [6, 6.07) is 9.82. The van der Waals surface area contributed by atoms with Crippen LogP contribution in [0.2, 0.25) is 0 Å². The summed E-state index contributed by atoms with van der Waals surface area (Å²) >= 11 is 0. The van der Waals surface area contributed by atoms with E-state index in [0.29, 0.717) is 18.9 Å². The van der Waals surface area contributed by atoms with Crippen molar-refractivity contribution in [3.8, 4) is 0 Å². The van der Waals surface area contributed by atoms with Crippen LogP contribution < -0.4 is 10.6 Å². The summed E-state index contributed by atoms with van der Waals surface area (Å²) < 4.78 is 0. The molecule has 1 fully saturated rings. The molecule has 0 radical (unpaired) electrons. The summed E-state index contributed by atoms with van der Waals surface area (Å²) in [7, 11) is 0. The lowest BCUT2D eigenvalue weighted by molar-refractivity contribution is -0.119. The fourth-order valence-corrected chi connectivity index (χ4v) is 2.11. The SMILES string of the molecule is CCN(C(=O)CC(N)C1CC1)c1ccccc1. The molecule has 1 aliphatic rings. The molecular weight excluding hydrogens is 212 g/mol. The molecule has 17 heavy (non-hydrogen) atoms. The average Bonchev–Trinajstić information content (AvgIpc) is 3.15. The van der Waals surface area contributed by atoms with Crippen molar-refractivity contribution in [2.24, 2.45) is 11.7 Å². The number of nitrogens with zero attached hydrogens (tertiary/aromatic N) is 1. The summed E-state index contributed by atoms with van der Waals surface area (Å²) in [5, 5.41) is 0. The number of nitrogens with two attached hydrogens (primary N) is 1. The highest BCUT2D eigenvalue weighted by Crippen LogP contribution is 2.33. The highest BCUT2D eigenvalue weighted by atomic mass is 16.2. The third-order valence-corrected chi connectivity index (χ3v) is 3.32. The van der Waals surface area contributed by atoms with Gasteiger partial charge in [0.1, 0.15) is 0 Å². The zero-order valence-corrected chi connectivity index (χ0v) is 10.3. The minimum atomic E-state index is 0.0419. The topological polar surface area (TPSA) is 46.3 Å². The van der Waals surface area contributed by atoms with Crippen LogP contribution in [0.25, 0.3) is 0 Å². The Morgan fingerprint density at radius 1 is 1.41 bits per heavy atom. The molecule has 3 nitrogen and oxygen atoms in total. The van der Waals surface area contributed by atoms with Crippen molar-refractivity contribution in [3.05, 3.63) is 30.3 Å².